The van der Waals surface area contributed by atoms with Crippen LogP contribution in [0.3, 0.4) is 0 Å². The Hall–Kier alpha value is -1.92. The van der Waals surface area contributed by atoms with Crippen molar-refractivity contribution in [3.63, 3.8) is 0 Å². The van der Waals surface area contributed by atoms with Gasteiger partial charge in [-0.15, -0.1) is 0 Å². The summed E-state index contributed by atoms with van der Waals surface area (Å²) >= 11 is 0. The maximum absolute atomic E-state index is 13.5. The molecule has 2 atom stereocenters. The highest BCUT2D eigenvalue weighted by Gasteiger charge is 2.38. The van der Waals surface area contributed by atoms with Crippen LogP contribution in [0.2, 0.25) is 0 Å². The summed E-state index contributed by atoms with van der Waals surface area (Å²) in [7, 11) is -1.63. The number of anilines is 1. The SMILES string of the molecule is CCN1CC[C@@H]2[C@@H](CC1)c1cc(S(=O)(=O)c3cccc(F)c3)ccc1N2C. The molecule has 2 aromatic carbocycles. The molecule has 0 saturated carbocycles. The first-order valence-electron chi connectivity index (χ1n) is 9.51. The van der Waals surface area contributed by atoms with Gasteiger partial charge < -0.3 is 9.80 Å². The molecule has 4 rings (SSSR count). The number of fused-ring (bicyclic) bond motifs is 3. The minimum absolute atomic E-state index is 0.00313. The molecule has 27 heavy (non-hydrogen) atoms. The number of hydrogen-bond donors (Lipinski definition) is 0. The highest BCUT2D eigenvalue weighted by atomic mass is 32.2. The molecule has 0 aromatic heterocycles. The van der Waals surface area contributed by atoms with Crippen molar-refractivity contribution in [3.05, 3.63) is 53.8 Å². The highest BCUT2D eigenvalue weighted by Crippen LogP contribution is 2.45. The maximum atomic E-state index is 13.5. The molecule has 0 N–H and O–H groups in total. The van der Waals surface area contributed by atoms with Crippen molar-refractivity contribution >= 4 is 15.5 Å². The van der Waals surface area contributed by atoms with Crippen LogP contribution >= 0.6 is 0 Å². The van der Waals surface area contributed by atoms with Crippen LogP contribution in [0.15, 0.2) is 52.3 Å². The van der Waals surface area contributed by atoms with Gasteiger partial charge in [0.1, 0.15) is 5.82 Å². The molecule has 0 radical (unpaired) electrons. The van der Waals surface area contributed by atoms with Gasteiger partial charge in [0.15, 0.2) is 0 Å². The Morgan fingerprint density at radius 2 is 1.81 bits per heavy atom. The van der Waals surface area contributed by atoms with Gasteiger partial charge in [0, 0.05) is 31.2 Å². The van der Waals surface area contributed by atoms with Gasteiger partial charge in [-0.25, -0.2) is 12.8 Å². The summed E-state index contributed by atoms with van der Waals surface area (Å²) in [5, 5.41) is 0. The summed E-state index contributed by atoms with van der Waals surface area (Å²) in [6.45, 7) is 5.34. The van der Waals surface area contributed by atoms with E-state index in [0.717, 1.165) is 49.8 Å². The highest BCUT2D eigenvalue weighted by molar-refractivity contribution is 7.91. The molecule has 0 spiro atoms. The lowest BCUT2D eigenvalue weighted by Gasteiger charge is -2.25. The standard InChI is InChI=1S/C21H25FN2O2S/c1-3-24-11-9-18-19-14-17(7-8-20(19)23(2)21(18)10-12-24)27(25,26)16-6-4-5-15(22)13-16/h4-8,13-14,18,21H,3,9-12H2,1-2H3/t18-,21+/m0/s1. The average Bonchev–Trinajstić information content (AvgIpc) is 2.82. The van der Waals surface area contributed by atoms with Crippen LogP contribution in [0.1, 0.15) is 31.2 Å². The molecular weight excluding hydrogens is 363 g/mol. The van der Waals surface area contributed by atoms with Crippen molar-refractivity contribution in [2.75, 3.05) is 31.6 Å². The molecule has 1 saturated heterocycles. The lowest BCUT2D eigenvalue weighted by atomic mass is 9.91. The Morgan fingerprint density at radius 3 is 2.56 bits per heavy atom. The fourth-order valence-electron chi connectivity index (χ4n) is 4.55. The van der Waals surface area contributed by atoms with E-state index in [1.165, 1.54) is 18.2 Å². The van der Waals surface area contributed by atoms with Gasteiger partial charge in [0.05, 0.1) is 9.79 Å². The molecule has 0 amide bonds. The summed E-state index contributed by atoms with van der Waals surface area (Å²) in [4.78, 5) is 5.01. The largest absolute Gasteiger partial charge is 0.371 e. The fraction of sp³-hybridized carbons (Fsp3) is 0.429. The quantitative estimate of drug-likeness (QED) is 0.804. The lowest BCUT2D eigenvalue weighted by molar-refractivity contribution is 0.298. The second kappa shape index (κ2) is 6.91. The van der Waals surface area contributed by atoms with E-state index in [4.69, 9.17) is 0 Å². The predicted octanol–water partition coefficient (Wildman–Crippen LogP) is 3.68. The Balaban J connectivity index is 1.73. The molecule has 2 aromatic rings. The molecule has 0 unspecified atom stereocenters. The van der Waals surface area contributed by atoms with Crippen LogP contribution in [0.4, 0.5) is 10.1 Å². The van der Waals surface area contributed by atoms with E-state index in [1.54, 1.807) is 6.07 Å². The predicted molar refractivity (Wildman–Crippen MR) is 105 cm³/mol. The molecule has 144 valence electrons. The van der Waals surface area contributed by atoms with E-state index in [9.17, 15) is 12.8 Å². The summed E-state index contributed by atoms with van der Waals surface area (Å²) in [5.41, 5.74) is 2.23. The number of hydrogen-bond acceptors (Lipinski definition) is 4. The number of nitrogens with zero attached hydrogens (tertiary/aromatic N) is 2. The maximum Gasteiger partial charge on any atom is 0.206 e. The van der Waals surface area contributed by atoms with Crippen molar-refractivity contribution < 1.29 is 12.8 Å². The fourth-order valence-corrected chi connectivity index (χ4v) is 5.88. The van der Waals surface area contributed by atoms with Crippen LogP contribution < -0.4 is 4.90 Å². The second-order valence-electron chi connectivity index (χ2n) is 7.48. The average molecular weight is 389 g/mol. The first-order valence-corrected chi connectivity index (χ1v) is 11.0. The molecule has 1 fully saturated rings. The van der Waals surface area contributed by atoms with E-state index >= 15 is 0 Å². The molecular formula is C21H25FN2O2S. The Bertz CT molecular complexity index is 960. The zero-order chi connectivity index (χ0) is 19.2. The zero-order valence-electron chi connectivity index (χ0n) is 15.7. The first-order chi connectivity index (χ1) is 12.9. The van der Waals surface area contributed by atoms with Crippen molar-refractivity contribution in [2.45, 2.75) is 41.5 Å². The zero-order valence-corrected chi connectivity index (χ0v) is 16.5. The minimum atomic E-state index is -3.73. The monoisotopic (exact) mass is 388 g/mol. The third-order valence-corrected chi connectivity index (χ3v) is 7.85. The van der Waals surface area contributed by atoms with Crippen LogP contribution in [0.5, 0.6) is 0 Å². The third kappa shape index (κ3) is 3.15. The van der Waals surface area contributed by atoms with Gasteiger partial charge in [-0.1, -0.05) is 13.0 Å². The number of likely N-dealkylation sites (N-methyl/N-ethyl adjacent to an activating group) is 1. The summed E-state index contributed by atoms with van der Waals surface area (Å²) in [6.07, 6.45) is 2.11. The number of rotatable bonds is 3. The van der Waals surface area contributed by atoms with Crippen LogP contribution in [0.25, 0.3) is 0 Å². The van der Waals surface area contributed by atoms with Crippen LogP contribution in [-0.2, 0) is 9.84 Å². The molecule has 2 aliphatic rings. The molecule has 2 aliphatic heterocycles. The summed E-state index contributed by atoms with van der Waals surface area (Å²) in [6, 6.07) is 11.0. The van der Waals surface area contributed by atoms with Gasteiger partial charge in [0.2, 0.25) is 9.84 Å². The van der Waals surface area contributed by atoms with Crippen molar-refractivity contribution in [2.24, 2.45) is 0 Å². The van der Waals surface area contributed by atoms with E-state index in [1.807, 2.05) is 12.1 Å². The number of sulfone groups is 1. The molecule has 6 heteroatoms. The minimum Gasteiger partial charge on any atom is -0.371 e. The lowest BCUT2D eigenvalue weighted by Crippen LogP contribution is -2.31. The normalized spacial score (nSPS) is 23.0. The third-order valence-electron chi connectivity index (χ3n) is 6.10. The van der Waals surface area contributed by atoms with E-state index in [-0.39, 0.29) is 9.79 Å². The Labute approximate surface area is 160 Å². The molecule has 0 aliphatic carbocycles. The van der Waals surface area contributed by atoms with Gasteiger partial charge in [-0.3, -0.25) is 0 Å². The smallest absolute Gasteiger partial charge is 0.206 e. The molecule has 0 bridgehead atoms. The van der Waals surface area contributed by atoms with Crippen molar-refractivity contribution in [3.8, 4) is 0 Å². The topological polar surface area (TPSA) is 40.6 Å². The second-order valence-corrected chi connectivity index (χ2v) is 9.43. The molecule has 2 heterocycles. The number of likely N-dealkylation sites (tertiary alicyclic amines) is 1. The van der Waals surface area contributed by atoms with Gasteiger partial charge >= 0.3 is 0 Å². The van der Waals surface area contributed by atoms with Gasteiger partial charge in [0.25, 0.3) is 0 Å². The summed E-state index contributed by atoms with van der Waals surface area (Å²) < 4.78 is 39.6. The number of benzene rings is 2. The Kier molecular flexibility index (Phi) is 4.72. The first kappa shape index (κ1) is 18.4. The Morgan fingerprint density at radius 1 is 1.07 bits per heavy atom. The van der Waals surface area contributed by atoms with Crippen LogP contribution in [0, 0.1) is 5.82 Å². The molecule has 4 nitrogen and oxygen atoms in total. The summed E-state index contributed by atoms with van der Waals surface area (Å²) in [5.74, 6) is -0.204. The van der Waals surface area contributed by atoms with Crippen molar-refractivity contribution in [1.82, 2.24) is 4.90 Å². The number of halogens is 1. The van der Waals surface area contributed by atoms with E-state index in [2.05, 4.69) is 23.8 Å². The van der Waals surface area contributed by atoms with E-state index in [0.29, 0.717) is 12.0 Å². The van der Waals surface area contributed by atoms with E-state index < -0.39 is 15.7 Å². The van der Waals surface area contributed by atoms with Gasteiger partial charge in [-0.2, -0.15) is 0 Å². The van der Waals surface area contributed by atoms with Crippen molar-refractivity contribution in [1.29, 1.82) is 0 Å². The van der Waals surface area contributed by atoms with Crippen LogP contribution in [-0.4, -0.2) is 46.0 Å². The van der Waals surface area contributed by atoms with Gasteiger partial charge in [-0.05, 0) is 67.9 Å².